The number of para-hydroxylation sites is 3. The monoisotopic (exact) mass is 563 g/mol. The molecule has 4 heteroatoms. The molecule has 6 aromatic carbocycles. The van der Waals surface area contributed by atoms with Gasteiger partial charge in [0.15, 0.2) is 5.82 Å². The lowest BCUT2D eigenvalue weighted by atomic mass is 10.0. The van der Waals surface area contributed by atoms with Crippen LogP contribution in [0.25, 0.3) is 83.3 Å². The molecule has 4 nitrogen and oxygen atoms in total. The van der Waals surface area contributed by atoms with Gasteiger partial charge in [0.2, 0.25) is 0 Å². The molecule has 0 unspecified atom stereocenters. The zero-order chi connectivity index (χ0) is 29.0. The van der Waals surface area contributed by atoms with Gasteiger partial charge in [0.05, 0.1) is 22.4 Å². The van der Waals surface area contributed by atoms with Crippen LogP contribution in [-0.2, 0) is 0 Å². The van der Waals surface area contributed by atoms with Crippen LogP contribution in [0, 0.1) is 0 Å². The Labute approximate surface area is 253 Å². The predicted octanol–water partition coefficient (Wildman–Crippen LogP) is 10.5. The Kier molecular flexibility index (Phi) is 5.47. The highest BCUT2D eigenvalue weighted by molar-refractivity contribution is 6.12. The lowest BCUT2D eigenvalue weighted by Gasteiger charge is -2.12. The summed E-state index contributed by atoms with van der Waals surface area (Å²) in [6.45, 7) is 0. The first-order chi connectivity index (χ1) is 21.8. The summed E-state index contributed by atoms with van der Waals surface area (Å²) in [6.07, 6.45) is 0. The van der Waals surface area contributed by atoms with E-state index in [0.29, 0.717) is 5.82 Å². The van der Waals surface area contributed by atoms with E-state index in [-0.39, 0.29) is 0 Å². The van der Waals surface area contributed by atoms with Crippen LogP contribution < -0.4 is 0 Å². The molecule has 0 radical (unpaired) electrons. The van der Waals surface area contributed by atoms with Crippen molar-refractivity contribution >= 4 is 43.7 Å². The Morgan fingerprint density at radius 3 is 1.82 bits per heavy atom. The second kappa shape index (κ2) is 9.79. The minimum atomic E-state index is 0.667. The average Bonchev–Trinajstić information content (AvgIpc) is 3.65. The summed E-state index contributed by atoms with van der Waals surface area (Å²) in [5.74, 6) is 0.667. The molecular weight excluding hydrogens is 538 g/mol. The van der Waals surface area contributed by atoms with E-state index in [1.807, 2.05) is 48.5 Å². The third-order valence-corrected chi connectivity index (χ3v) is 8.42. The summed E-state index contributed by atoms with van der Waals surface area (Å²) in [5.41, 5.74) is 9.87. The largest absolute Gasteiger partial charge is 0.456 e. The number of nitrogens with zero attached hydrogens (tertiary/aromatic N) is 3. The molecule has 0 fully saturated rings. The number of fused-ring (bicyclic) bond motifs is 6. The molecule has 0 saturated carbocycles. The second-order valence-electron chi connectivity index (χ2n) is 11.0. The number of hydrogen-bond acceptors (Lipinski definition) is 3. The zero-order valence-corrected chi connectivity index (χ0v) is 23.7. The van der Waals surface area contributed by atoms with Crippen LogP contribution in [-0.4, -0.2) is 14.5 Å². The molecule has 9 aromatic rings. The van der Waals surface area contributed by atoms with E-state index in [2.05, 4.69) is 108 Å². The fourth-order valence-electron chi connectivity index (χ4n) is 6.44. The average molecular weight is 564 g/mol. The van der Waals surface area contributed by atoms with Crippen LogP contribution in [0.4, 0.5) is 0 Å². The highest BCUT2D eigenvalue weighted by Crippen LogP contribution is 2.38. The SMILES string of the molecule is c1ccc(-c2cc(-c3cccc(-n4c5ccccc5c5ccccc54)c3)nc(-c3cccc4oc5ccccc5c34)n2)cc1. The van der Waals surface area contributed by atoms with Crippen LogP contribution in [0.5, 0.6) is 0 Å². The van der Waals surface area contributed by atoms with Crippen molar-refractivity contribution < 1.29 is 4.42 Å². The van der Waals surface area contributed by atoms with E-state index in [9.17, 15) is 0 Å². The van der Waals surface area contributed by atoms with Gasteiger partial charge in [-0.3, -0.25) is 0 Å². The molecule has 0 aliphatic carbocycles. The maximum Gasteiger partial charge on any atom is 0.161 e. The lowest BCUT2D eigenvalue weighted by Crippen LogP contribution is -1.98. The van der Waals surface area contributed by atoms with Gasteiger partial charge >= 0.3 is 0 Å². The van der Waals surface area contributed by atoms with Crippen molar-refractivity contribution in [1.82, 2.24) is 14.5 Å². The molecule has 3 heterocycles. The first-order valence-electron chi connectivity index (χ1n) is 14.8. The Morgan fingerprint density at radius 2 is 1.05 bits per heavy atom. The maximum absolute atomic E-state index is 6.21. The fraction of sp³-hybridized carbons (Fsp3) is 0. The lowest BCUT2D eigenvalue weighted by molar-refractivity contribution is 0.669. The van der Waals surface area contributed by atoms with Gasteiger partial charge in [-0.05, 0) is 42.5 Å². The normalized spacial score (nSPS) is 11.6. The predicted molar refractivity (Wildman–Crippen MR) is 180 cm³/mol. The minimum Gasteiger partial charge on any atom is -0.456 e. The molecular formula is C40H25N3O. The van der Waals surface area contributed by atoms with Crippen molar-refractivity contribution in [2.75, 3.05) is 0 Å². The molecule has 0 aliphatic heterocycles. The number of hydrogen-bond donors (Lipinski definition) is 0. The van der Waals surface area contributed by atoms with Crippen LogP contribution in [0.1, 0.15) is 0 Å². The van der Waals surface area contributed by atoms with E-state index >= 15 is 0 Å². The molecule has 0 atom stereocenters. The smallest absolute Gasteiger partial charge is 0.161 e. The van der Waals surface area contributed by atoms with Gasteiger partial charge in [0.1, 0.15) is 11.2 Å². The minimum absolute atomic E-state index is 0.667. The molecule has 0 amide bonds. The third kappa shape index (κ3) is 3.85. The number of aromatic nitrogens is 3. The molecule has 0 bridgehead atoms. The maximum atomic E-state index is 6.21. The summed E-state index contributed by atoms with van der Waals surface area (Å²) >= 11 is 0. The quantitative estimate of drug-likeness (QED) is 0.214. The van der Waals surface area contributed by atoms with Gasteiger partial charge in [0.25, 0.3) is 0 Å². The van der Waals surface area contributed by atoms with Gasteiger partial charge in [-0.2, -0.15) is 0 Å². The van der Waals surface area contributed by atoms with Crippen LogP contribution >= 0.6 is 0 Å². The van der Waals surface area contributed by atoms with Gasteiger partial charge in [-0.1, -0.05) is 109 Å². The molecule has 0 aliphatic rings. The standard InChI is InChI=1S/C40H25N3O/c1-2-12-26(13-3-1)33-25-34(42-40(41-33)32-19-11-23-38-39(32)31-18-6-9-22-37(31)44-38)27-14-10-15-28(24-27)43-35-20-7-4-16-29(35)30-17-5-8-21-36(30)43/h1-25H. The van der Waals surface area contributed by atoms with E-state index in [1.165, 1.54) is 21.8 Å². The van der Waals surface area contributed by atoms with Crippen molar-refractivity contribution in [3.63, 3.8) is 0 Å². The van der Waals surface area contributed by atoms with Crippen molar-refractivity contribution in [1.29, 1.82) is 0 Å². The number of rotatable bonds is 4. The highest BCUT2D eigenvalue weighted by Gasteiger charge is 2.18. The molecule has 44 heavy (non-hydrogen) atoms. The Balaban J connectivity index is 1.28. The van der Waals surface area contributed by atoms with Crippen molar-refractivity contribution in [2.24, 2.45) is 0 Å². The highest BCUT2D eigenvalue weighted by atomic mass is 16.3. The Morgan fingerprint density at radius 1 is 0.455 bits per heavy atom. The first-order valence-corrected chi connectivity index (χ1v) is 14.8. The molecule has 0 saturated heterocycles. The summed E-state index contributed by atoms with van der Waals surface area (Å²) in [6, 6.07) is 52.5. The summed E-state index contributed by atoms with van der Waals surface area (Å²) in [5, 5.41) is 4.56. The summed E-state index contributed by atoms with van der Waals surface area (Å²) < 4.78 is 8.55. The zero-order valence-electron chi connectivity index (χ0n) is 23.7. The van der Waals surface area contributed by atoms with E-state index in [0.717, 1.165) is 55.7 Å². The second-order valence-corrected chi connectivity index (χ2v) is 11.0. The molecule has 3 aromatic heterocycles. The van der Waals surface area contributed by atoms with Gasteiger partial charge < -0.3 is 8.98 Å². The van der Waals surface area contributed by atoms with Crippen molar-refractivity contribution in [2.45, 2.75) is 0 Å². The molecule has 0 spiro atoms. The van der Waals surface area contributed by atoms with E-state index < -0.39 is 0 Å². The van der Waals surface area contributed by atoms with E-state index in [1.54, 1.807) is 0 Å². The van der Waals surface area contributed by atoms with Crippen LogP contribution in [0.3, 0.4) is 0 Å². The van der Waals surface area contributed by atoms with Gasteiger partial charge in [0, 0.05) is 43.9 Å². The van der Waals surface area contributed by atoms with E-state index in [4.69, 9.17) is 14.4 Å². The Bertz CT molecular complexity index is 2450. The molecule has 9 rings (SSSR count). The van der Waals surface area contributed by atoms with Crippen LogP contribution in [0.15, 0.2) is 156 Å². The first kappa shape index (κ1) is 24.6. The third-order valence-electron chi connectivity index (χ3n) is 8.42. The summed E-state index contributed by atoms with van der Waals surface area (Å²) in [4.78, 5) is 10.4. The van der Waals surface area contributed by atoms with Gasteiger partial charge in [-0.25, -0.2) is 9.97 Å². The van der Waals surface area contributed by atoms with Crippen molar-refractivity contribution in [3.8, 4) is 39.6 Å². The molecule has 206 valence electrons. The topological polar surface area (TPSA) is 43.9 Å². The summed E-state index contributed by atoms with van der Waals surface area (Å²) in [7, 11) is 0. The molecule has 0 N–H and O–H groups in total. The van der Waals surface area contributed by atoms with Crippen LogP contribution in [0.2, 0.25) is 0 Å². The number of benzene rings is 6. The number of furan rings is 1. The fourth-order valence-corrected chi connectivity index (χ4v) is 6.44. The van der Waals surface area contributed by atoms with Crippen molar-refractivity contribution in [3.05, 3.63) is 152 Å². The Hall–Kier alpha value is -6.00. The van der Waals surface area contributed by atoms with Gasteiger partial charge in [-0.15, -0.1) is 0 Å².